The van der Waals surface area contributed by atoms with Gasteiger partial charge in [0.2, 0.25) is 5.91 Å². The van der Waals surface area contributed by atoms with Crippen LogP contribution < -0.4 is 10.6 Å². The number of hydrogen-bond donors (Lipinski definition) is 3. The van der Waals surface area contributed by atoms with Crippen LogP contribution in [0.1, 0.15) is 56.9 Å². The van der Waals surface area contributed by atoms with Crippen molar-refractivity contribution in [3.63, 3.8) is 0 Å². The zero-order valence-electron chi connectivity index (χ0n) is 21.1. The molecule has 0 aliphatic rings. The van der Waals surface area contributed by atoms with E-state index in [9.17, 15) is 19.2 Å². The molecule has 0 fully saturated rings. The Bertz CT molecular complexity index is 1070. The molecule has 3 amide bonds. The fourth-order valence-electron chi connectivity index (χ4n) is 3.02. The Balaban J connectivity index is 1.92. The third kappa shape index (κ3) is 11.2. The zero-order chi connectivity index (χ0) is 27.4. The standard InChI is InChI=1S/C23H32ClN7O6/c1-23(2,3)37-22(36)30(13-14-31-12-11-26-29-31)15-18(32)27-16-8-9-17(28-20(16)24)21(35)25-10-6-4-5-7-19(33)34/h8-9,11-12H,4-7,10,13-15H2,1-3H3,(H,25,35)(H,27,32)(H,33,34). The van der Waals surface area contributed by atoms with Crippen molar-refractivity contribution in [3.8, 4) is 0 Å². The fourth-order valence-corrected chi connectivity index (χ4v) is 3.23. The van der Waals surface area contributed by atoms with Gasteiger partial charge in [-0.3, -0.25) is 24.0 Å². The summed E-state index contributed by atoms with van der Waals surface area (Å²) < 4.78 is 6.93. The topological polar surface area (TPSA) is 169 Å². The molecule has 0 saturated carbocycles. The predicted molar refractivity (Wildman–Crippen MR) is 134 cm³/mol. The number of amides is 3. The van der Waals surface area contributed by atoms with Crippen LogP contribution in [-0.4, -0.2) is 79.1 Å². The molecular formula is C23H32ClN7O6. The Labute approximate surface area is 219 Å². The van der Waals surface area contributed by atoms with Crippen LogP contribution >= 0.6 is 11.6 Å². The molecule has 0 unspecified atom stereocenters. The second kappa shape index (κ2) is 14.1. The molecule has 0 bridgehead atoms. The molecule has 0 spiro atoms. The maximum absolute atomic E-state index is 12.7. The number of carbonyl (C=O) groups is 4. The molecule has 202 valence electrons. The minimum atomic E-state index is -0.848. The third-order valence-corrected chi connectivity index (χ3v) is 5.05. The molecule has 2 rings (SSSR count). The largest absolute Gasteiger partial charge is 0.481 e. The maximum Gasteiger partial charge on any atom is 0.410 e. The molecule has 2 aromatic rings. The smallest absolute Gasteiger partial charge is 0.410 e. The predicted octanol–water partition coefficient (Wildman–Crippen LogP) is 2.58. The minimum Gasteiger partial charge on any atom is -0.481 e. The van der Waals surface area contributed by atoms with Gasteiger partial charge in [0.05, 0.1) is 18.4 Å². The van der Waals surface area contributed by atoms with E-state index in [0.29, 0.717) is 32.4 Å². The second-order valence-electron chi connectivity index (χ2n) is 9.11. The quantitative estimate of drug-likeness (QED) is 0.257. The normalized spacial score (nSPS) is 11.0. The number of hydrogen-bond acceptors (Lipinski definition) is 8. The first-order valence-electron chi connectivity index (χ1n) is 11.7. The number of carbonyl (C=O) groups excluding carboxylic acids is 3. The van der Waals surface area contributed by atoms with E-state index in [1.165, 1.54) is 27.9 Å². The van der Waals surface area contributed by atoms with Crippen LogP contribution in [0.3, 0.4) is 0 Å². The Morgan fingerprint density at radius 2 is 1.92 bits per heavy atom. The van der Waals surface area contributed by atoms with Gasteiger partial charge in [0.15, 0.2) is 5.15 Å². The van der Waals surface area contributed by atoms with Crippen molar-refractivity contribution in [1.29, 1.82) is 0 Å². The first kappa shape index (κ1) is 29.5. The van der Waals surface area contributed by atoms with Gasteiger partial charge in [0, 0.05) is 25.7 Å². The number of aromatic nitrogens is 4. The molecule has 0 aliphatic carbocycles. The van der Waals surface area contributed by atoms with E-state index in [1.54, 1.807) is 27.0 Å². The van der Waals surface area contributed by atoms with Crippen molar-refractivity contribution < 1.29 is 29.0 Å². The van der Waals surface area contributed by atoms with Crippen molar-refractivity contribution >= 4 is 41.2 Å². The summed E-state index contributed by atoms with van der Waals surface area (Å²) >= 11 is 6.18. The first-order chi connectivity index (χ1) is 17.4. The summed E-state index contributed by atoms with van der Waals surface area (Å²) in [6.45, 7) is 5.68. The molecule has 0 saturated heterocycles. The molecule has 0 atom stereocenters. The Morgan fingerprint density at radius 3 is 2.54 bits per heavy atom. The summed E-state index contributed by atoms with van der Waals surface area (Å²) in [5.74, 6) is -1.83. The number of anilines is 1. The average molecular weight is 538 g/mol. The SMILES string of the molecule is CC(C)(C)OC(=O)N(CCn1ccnn1)CC(=O)Nc1ccc(C(=O)NCCCCCC(=O)O)nc1Cl. The van der Waals surface area contributed by atoms with Crippen LogP contribution in [0, 0.1) is 0 Å². The number of ether oxygens (including phenoxy) is 1. The van der Waals surface area contributed by atoms with Crippen molar-refractivity contribution in [1.82, 2.24) is 30.2 Å². The summed E-state index contributed by atoms with van der Waals surface area (Å²) in [5, 5.41) is 21.4. The van der Waals surface area contributed by atoms with Crippen molar-refractivity contribution in [3.05, 3.63) is 35.4 Å². The van der Waals surface area contributed by atoms with Gasteiger partial charge in [-0.15, -0.1) is 5.10 Å². The molecule has 37 heavy (non-hydrogen) atoms. The summed E-state index contributed by atoms with van der Waals surface area (Å²) in [7, 11) is 0. The van der Waals surface area contributed by atoms with Crippen LogP contribution in [-0.2, 0) is 20.9 Å². The van der Waals surface area contributed by atoms with Crippen LogP contribution in [0.2, 0.25) is 5.15 Å². The van der Waals surface area contributed by atoms with E-state index >= 15 is 0 Å². The zero-order valence-corrected chi connectivity index (χ0v) is 21.8. The molecular weight excluding hydrogens is 506 g/mol. The molecule has 2 heterocycles. The van der Waals surface area contributed by atoms with Gasteiger partial charge >= 0.3 is 12.1 Å². The van der Waals surface area contributed by atoms with Gasteiger partial charge in [0.1, 0.15) is 17.8 Å². The van der Waals surface area contributed by atoms with Crippen molar-refractivity contribution in [2.75, 3.05) is 25.0 Å². The minimum absolute atomic E-state index is 0.0664. The number of carboxylic acids is 1. The van der Waals surface area contributed by atoms with Crippen LogP contribution in [0.5, 0.6) is 0 Å². The molecule has 0 aromatic carbocycles. The van der Waals surface area contributed by atoms with E-state index < -0.39 is 29.5 Å². The van der Waals surface area contributed by atoms with Gasteiger partial charge in [0.25, 0.3) is 5.91 Å². The molecule has 0 radical (unpaired) electrons. The monoisotopic (exact) mass is 537 g/mol. The number of carboxylic acid groups (broad SMARTS) is 1. The van der Waals surface area contributed by atoms with Crippen LogP contribution in [0.4, 0.5) is 10.5 Å². The number of aliphatic carboxylic acids is 1. The number of nitrogens with zero attached hydrogens (tertiary/aromatic N) is 5. The van der Waals surface area contributed by atoms with Crippen molar-refractivity contribution in [2.24, 2.45) is 0 Å². The average Bonchev–Trinajstić information content (AvgIpc) is 3.32. The lowest BCUT2D eigenvalue weighted by molar-refractivity contribution is -0.137. The molecule has 14 heteroatoms. The van der Waals surface area contributed by atoms with Gasteiger partial charge in [-0.1, -0.05) is 23.2 Å². The van der Waals surface area contributed by atoms with E-state index in [2.05, 4.69) is 25.9 Å². The Hall–Kier alpha value is -3.74. The summed E-state index contributed by atoms with van der Waals surface area (Å²) in [6.07, 6.45) is 4.41. The van der Waals surface area contributed by atoms with Crippen LogP contribution in [0.15, 0.2) is 24.5 Å². The summed E-state index contributed by atoms with van der Waals surface area (Å²) in [4.78, 5) is 53.4. The lowest BCUT2D eigenvalue weighted by Gasteiger charge is -2.27. The number of pyridine rings is 1. The fraction of sp³-hybridized carbons (Fsp3) is 0.522. The highest BCUT2D eigenvalue weighted by Gasteiger charge is 2.24. The van der Waals surface area contributed by atoms with Gasteiger partial charge < -0.3 is 20.5 Å². The lowest BCUT2D eigenvalue weighted by Crippen LogP contribution is -2.43. The number of nitrogens with one attached hydrogen (secondary N) is 2. The van der Waals surface area contributed by atoms with E-state index in [1.807, 2.05) is 0 Å². The first-order valence-corrected chi connectivity index (χ1v) is 12.1. The van der Waals surface area contributed by atoms with Gasteiger partial charge in [-0.05, 0) is 45.7 Å². The maximum atomic E-state index is 12.7. The number of halogens is 1. The number of rotatable bonds is 13. The molecule has 0 aliphatic heterocycles. The van der Waals surface area contributed by atoms with Gasteiger partial charge in [-0.2, -0.15) is 0 Å². The molecule has 3 N–H and O–H groups in total. The third-order valence-electron chi connectivity index (χ3n) is 4.77. The highest BCUT2D eigenvalue weighted by molar-refractivity contribution is 6.32. The highest BCUT2D eigenvalue weighted by Crippen LogP contribution is 2.20. The molecule has 13 nitrogen and oxygen atoms in total. The summed E-state index contributed by atoms with van der Waals surface area (Å²) in [5.41, 5.74) is -0.504. The van der Waals surface area contributed by atoms with Crippen LogP contribution in [0.25, 0.3) is 0 Å². The Morgan fingerprint density at radius 1 is 1.16 bits per heavy atom. The molecule has 2 aromatic heterocycles. The van der Waals surface area contributed by atoms with E-state index in [4.69, 9.17) is 21.4 Å². The second-order valence-corrected chi connectivity index (χ2v) is 9.47. The summed E-state index contributed by atoms with van der Waals surface area (Å²) in [6, 6.07) is 2.86. The highest BCUT2D eigenvalue weighted by atomic mass is 35.5. The van der Waals surface area contributed by atoms with Gasteiger partial charge in [-0.25, -0.2) is 9.78 Å². The van der Waals surface area contributed by atoms with E-state index in [0.717, 1.165) is 0 Å². The number of unbranched alkanes of at least 4 members (excludes halogenated alkanes) is 2. The Kier molecular flexibility index (Phi) is 11.2. The van der Waals surface area contributed by atoms with Crippen molar-refractivity contribution in [2.45, 2.75) is 58.6 Å². The lowest BCUT2D eigenvalue weighted by atomic mass is 10.2. The van der Waals surface area contributed by atoms with E-state index in [-0.39, 0.29) is 36.0 Å².